The molecule has 1 aromatic rings. The third kappa shape index (κ3) is 9.77. The fourth-order valence-corrected chi connectivity index (χ4v) is 2.59. The number of aromatic nitrogens is 2. The van der Waals surface area contributed by atoms with Gasteiger partial charge in [-0.1, -0.05) is 0 Å². The van der Waals surface area contributed by atoms with Crippen LogP contribution in [-0.4, -0.2) is 85.1 Å². The van der Waals surface area contributed by atoms with E-state index in [2.05, 4.69) is 20.6 Å². The van der Waals surface area contributed by atoms with Crippen LogP contribution in [0.15, 0.2) is 12.5 Å². The Balaban J connectivity index is 2.78. The van der Waals surface area contributed by atoms with Crippen LogP contribution in [-0.2, 0) is 35.2 Å². The summed E-state index contributed by atoms with van der Waals surface area (Å²) in [6.07, 6.45) is 1.11. The second kappa shape index (κ2) is 12.7. The number of amides is 3. The second-order valence-electron chi connectivity index (χ2n) is 7.11. The summed E-state index contributed by atoms with van der Waals surface area (Å²) in [5.74, 6) is -7.03. The number of hydrogen-bond donors (Lipinski definition) is 8. The number of carbonyl (C=O) groups excluding carboxylic acids is 3. The number of nitrogens with zero attached hydrogens (tertiary/aromatic N) is 1. The predicted molar refractivity (Wildman–Crippen MR) is 108 cm³/mol. The number of carboxylic acid groups (broad SMARTS) is 3. The molecule has 1 heterocycles. The van der Waals surface area contributed by atoms with Crippen LogP contribution in [0, 0.1) is 0 Å². The number of carbonyl (C=O) groups is 6. The van der Waals surface area contributed by atoms with Crippen LogP contribution in [0.1, 0.15) is 31.9 Å². The first-order chi connectivity index (χ1) is 15.4. The van der Waals surface area contributed by atoms with Crippen LogP contribution >= 0.6 is 0 Å². The second-order valence-corrected chi connectivity index (χ2v) is 7.11. The first-order valence-electron chi connectivity index (χ1n) is 9.71. The Bertz CT molecular complexity index is 873. The number of rotatable bonds is 14. The molecule has 9 N–H and O–H groups in total. The Kier molecular flexibility index (Phi) is 10.4. The molecule has 0 radical (unpaired) electrons. The highest BCUT2D eigenvalue weighted by molar-refractivity contribution is 5.94. The van der Waals surface area contributed by atoms with Crippen molar-refractivity contribution in [1.29, 1.82) is 0 Å². The Morgan fingerprint density at radius 3 is 2.12 bits per heavy atom. The van der Waals surface area contributed by atoms with Gasteiger partial charge < -0.3 is 42.0 Å². The summed E-state index contributed by atoms with van der Waals surface area (Å²) in [7, 11) is 0. The SMILES string of the molecule is CC(NC(=O)C(N)Cc1cnc[nH]1)C(=O)NC(CCC(=O)O)C(=O)NC(CC(=O)O)C(=O)O. The Hall–Kier alpha value is -4.01. The molecule has 1 aromatic heterocycles. The van der Waals surface area contributed by atoms with Gasteiger partial charge in [0, 0.05) is 24.7 Å². The van der Waals surface area contributed by atoms with Gasteiger partial charge in [-0.3, -0.25) is 24.0 Å². The number of H-pyrrole nitrogens is 1. The van der Waals surface area contributed by atoms with Crippen molar-refractivity contribution in [2.45, 2.75) is 56.8 Å². The van der Waals surface area contributed by atoms with Gasteiger partial charge in [-0.15, -0.1) is 0 Å². The first kappa shape index (κ1) is 27.0. The molecule has 0 saturated carbocycles. The molecule has 1 rings (SSSR count). The highest BCUT2D eigenvalue weighted by Gasteiger charge is 2.30. The van der Waals surface area contributed by atoms with Crippen molar-refractivity contribution in [2.24, 2.45) is 5.73 Å². The third-order valence-corrected chi connectivity index (χ3v) is 4.36. The van der Waals surface area contributed by atoms with Crippen molar-refractivity contribution in [3.8, 4) is 0 Å². The smallest absolute Gasteiger partial charge is 0.326 e. The van der Waals surface area contributed by atoms with E-state index in [-0.39, 0.29) is 6.42 Å². The van der Waals surface area contributed by atoms with Gasteiger partial charge in [-0.2, -0.15) is 0 Å². The highest BCUT2D eigenvalue weighted by Crippen LogP contribution is 2.03. The molecule has 0 bridgehead atoms. The van der Waals surface area contributed by atoms with Crippen LogP contribution in [0.25, 0.3) is 0 Å². The fraction of sp³-hybridized carbons (Fsp3) is 0.500. The van der Waals surface area contributed by atoms with Gasteiger partial charge in [0.15, 0.2) is 0 Å². The number of hydrogen-bond acceptors (Lipinski definition) is 8. The lowest BCUT2D eigenvalue weighted by atomic mass is 10.1. The average Bonchev–Trinajstić information content (AvgIpc) is 3.22. The summed E-state index contributed by atoms with van der Waals surface area (Å²) in [6.45, 7) is 1.30. The number of carboxylic acids is 3. The summed E-state index contributed by atoms with van der Waals surface area (Å²) in [5.41, 5.74) is 6.38. The van der Waals surface area contributed by atoms with Gasteiger partial charge in [-0.25, -0.2) is 9.78 Å². The molecule has 0 saturated heterocycles. The van der Waals surface area contributed by atoms with Crippen molar-refractivity contribution < 1.29 is 44.1 Å². The third-order valence-electron chi connectivity index (χ3n) is 4.36. The van der Waals surface area contributed by atoms with Crippen molar-refractivity contribution in [3.05, 3.63) is 18.2 Å². The average molecular weight is 470 g/mol. The lowest BCUT2D eigenvalue weighted by Crippen LogP contribution is -2.56. The lowest BCUT2D eigenvalue weighted by Gasteiger charge is -2.23. The molecule has 0 aromatic carbocycles. The predicted octanol–water partition coefficient (Wildman–Crippen LogP) is -2.82. The first-order valence-corrected chi connectivity index (χ1v) is 9.71. The molecule has 182 valence electrons. The van der Waals surface area contributed by atoms with Gasteiger partial charge in [0.05, 0.1) is 18.8 Å². The number of aliphatic carboxylic acids is 3. The Morgan fingerprint density at radius 1 is 0.970 bits per heavy atom. The summed E-state index contributed by atoms with van der Waals surface area (Å²) in [5, 5.41) is 33.2. The normalized spacial score (nSPS) is 14.2. The standard InChI is InChI=1S/C18H26N6O9/c1-8(22-16(30)10(19)4-9-6-20-7-21-9)15(29)23-11(2-3-13(25)26)17(31)24-12(18(32)33)5-14(27)28/h6-8,10-12H,2-5,19H2,1H3,(H,20,21)(H,22,30)(H,23,29)(H,24,31)(H,25,26)(H,27,28)(H,32,33). The molecule has 0 aliphatic carbocycles. The van der Waals surface area contributed by atoms with E-state index in [4.69, 9.17) is 21.1 Å². The molecule has 15 heteroatoms. The van der Waals surface area contributed by atoms with Crippen molar-refractivity contribution in [3.63, 3.8) is 0 Å². The number of aromatic amines is 1. The van der Waals surface area contributed by atoms with Crippen LogP contribution in [0.2, 0.25) is 0 Å². The number of nitrogens with one attached hydrogen (secondary N) is 4. The molecule has 33 heavy (non-hydrogen) atoms. The van der Waals surface area contributed by atoms with E-state index in [9.17, 15) is 28.8 Å². The van der Waals surface area contributed by atoms with Crippen molar-refractivity contribution >= 4 is 35.6 Å². The molecule has 0 aliphatic heterocycles. The molecule has 4 unspecified atom stereocenters. The topological polar surface area (TPSA) is 254 Å². The molecular formula is C18H26N6O9. The largest absolute Gasteiger partial charge is 0.481 e. The van der Waals surface area contributed by atoms with Gasteiger partial charge in [0.25, 0.3) is 0 Å². The van der Waals surface area contributed by atoms with Gasteiger partial charge >= 0.3 is 17.9 Å². The maximum absolute atomic E-state index is 12.5. The summed E-state index contributed by atoms with van der Waals surface area (Å²) in [4.78, 5) is 76.5. The van der Waals surface area contributed by atoms with Crippen LogP contribution < -0.4 is 21.7 Å². The molecule has 3 amide bonds. The van der Waals surface area contributed by atoms with Crippen molar-refractivity contribution in [2.75, 3.05) is 0 Å². The van der Waals surface area contributed by atoms with Crippen LogP contribution in [0.5, 0.6) is 0 Å². The van der Waals surface area contributed by atoms with E-state index in [1.54, 1.807) is 0 Å². The van der Waals surface area contributed by atoms with Crippen LogP contribution in [0.3, 0.4) is 0 Å². The zero-order valence-electron chi connectivity index (χ0n) is 17.6. The van der Waals surface area contributed by atoms with E-state index in [1.807, 2.05) is 5.32 Å². The quantitative estimate of drug-likeness (QED) is 0.137. The lowest BCUT2D eigenvalue weighted by molar-refractivity contribution is -0.147. The van der Waals surface area contributed by atoms with E-state index in [1.165, 1.54) is 19.4 Å². The van der Waals surface area contributed by atoms with Crippen molar-refractivity contribution in [1.82, 2.24) is 25.9 Å². The summed E-state index contributed by atoms with van der Waals surface area (Å²) in [6, 6.07) is -5.49. The fourth-order valence-electron chi connectivity index (χ4n) is 2.59. The molecule has 15 nitrogen and oxygen atoms in total. The molecule has 0 aliphatic rings. The van der Waals surface area contributed by atoms with Gasteiger partial charge in [0.1, 0.15) is 18.1 Å². The molecule has 0 fully saturated rings. The highest BCUT2D eigenvalue weighted by atomic mass is 16.4. The van der Waals surface area contributed by atoms with E-state index in [0.29, 0.717) is 5.69 Å². The van der Waals surface area contributed by atoms with Gasteiger partial charge in [0.2, 0.25) is 17.7 Å². The minimum Gasteiger partial charge on any atom is -0.481 e. The molecular weight excluding hydrogens is 444 g/mol. The van der Waals surface area contributed by atoms with Gasteiger partial charge in [-0.05, 0) is 13.3 Å². The molecule has 0 spiro atoms. The monoisotopic (exact) mass is 470 g/mol. The maximum atomic E-state index is 12.5. The Labute approximate surface area is 187 Å². The zero-order chi connectivity index (χ0) is 25.1. The summed E-state index contributed by atoms with van der Waals surface area (Å²) < 4.78 is 0. The van der Waals surface area contributed by atoms with E-state index >= 15 is 0 Å². The zero-order valence-corrected chi connectivity index (χ0v) is 17.6. The minimum atomic E-state index is -1.79. The number of imidazole rings is 1. The minimum absolute atomic E-state index is 0.115. The number of nitrogens with two attached hydrogens (primary N) is 1. The van der Waals surface area contributed by atoms with E-state index < -0.39 is 79.1 Å². The maximum Gasteiger partial charge on any atom is 0.326 e. The van der Waals surface area contributed by atoms with E-state index in [0.717, 1.165) is 0 Å². The summed E-state index contributed by atoms with van der Waals surface area (Å²) >= 11 is 0. The molecule has 4 atom stereocenters. The Morgan fingerprint density at radius 2 is 1.61 bits per heavy atom. The van der Waals surface area contributed by atoms with Crippen LogP contribution in [0.4, 0.5) is 0 Å².